The standard InChI is InChI=1S/C11H15OS3/c1-13-8-6-10(14-2)9(4-5-12)11(7-8)15-3/h6-7H,4-5H2,1-3H3. The van der Waals surface area contributed by atoms with Crippen LogP contribution in [0.5, 0.6) is 0 Å². The number of thioether (sulfide) groups is 3. The molecule has 4 heteroatoms. The van der Waals surface area contributed by atoms with Crippen molar-refractivity contribution >= 4 is 35.3 Å². The van der Waals surface area contributed by atoms with Gasteiger partial charge in [0.25, 0.3) is 0 Å². The van der Waals surface area contributed by atoms with Crippen LogP contribution in [0.1, 0.15) is 5.56 Å². The molecule has 0 unspecified atom stereocenters. The van der Waals surface area contributed by atoms with Crippen LogP contribution >= 0.6 is 35.3 Å². The van der Waals surface area contributed by atoms with E-state index < -0.39 is 0 Å². The minimum Gasteiger partial charge on any atom is -0.236 e. The Morgan fingerprint density at radius 1 is 1.00 bits per heavy atom. The minimum absolute atomic E-state index is 0.0280. The van der Waals surface area contributed by atoms with Gasteiger partial charge < -0.3 is 0 Å². The van der Waals surface area contributed by atoms with Crippen molar-refractivity contribution in [2.45, 2.75) is 21.1 Å². The van der Waals surface area contributed by atoms with Crippen LogP contribution in [-0.4, -0.2) is 25.4 Å². The van der Waals surface area contributed by atoms with Crippen LogP contribution in [0.15, 0.2) is 26.8 Å². The van der Waals surface area contributed by atoms with Crippen molar-refractivity contribution in [1.82, 2.24) is 0 Å². The molecular weight excluding hydrogens is 244 g/mol. The molecule has 0 bridgehead atoms. The fourth-order valence-electron chi connectivity index (χ4n) is 1.43. The largest absolute Gasteiger partial charge is 0.236 e. The van der Waals surface area contributed by atoms with E-state index in [1.54, 1.807) is 35.3 Å². The molecule has 1 radical (unpaired) electrons. The lowest BCUT2D eigenvalue weighted by Gasteiger charge is -2.12. The normalized spacial score (nSPS) is 10.7. The topological polar surface area (TPSA) is 19.9 Å². The lowest BCUT2D eigenvalue weighted by molar-refractivity contribution is 0.196. The van der Waals surface area contributed by atoms with Gasteiger partial charge in [-0.1, -0.05) is 0 Å². The predicted octanol–water partition coefficient (Wildman–Crippen LogP) is 3.83. The molecule has 1 aromatic rings. The van der Waals surface area contributed by atoms with Crippen molar-refractivity contribution in [1.29, 1.82) is 0 Å². The van der Waals surface area contributed by atoms with Crippen LogP contribution in [0.4, 0.5) is 0 Å². The third-order valence-corrected chi connectivity index (χ3v) is 4.48. The Bertz CT molecular complexity index is 301. The highest BCUT2D eigenvalue weighted by atomic mass is 32.2. The quantitative estimate of drug-likeness (QED) is 0.750. The first-order valence-electron chi connectivity index (χ1n) is 4.63. The van der Waals surface area contributed by atoms with Crippen molar-refractivity contribution in [3.05, 3.63) is 17.7 Å². The maximum absolute atomic E-state index is 10.8. The fourth-order valence-corrected chi connectivity index (χ4v) is 3.52. The molecule has 0 saturated carbocycles. The highest BCUT2D eigenvalue weighted by Crippen LogP contribution is 2.34. The number of hydrogen-bond acceptors (Lipinski definition) is 3. The highest BCUT2D eigenvalue weighted by Gasteiger charge is 2.09. The van der Waals surface area contributed by atoms with Gasteiger partial charge >= 0.3 is 0 Å². The maximum Gasteiger partial charge on any atom is 0.0863 e. The molecule has 0 fully saturated rings. The smallest absolute Gasteiger partial charge is 0.0863 e. The lowest BCUT2D eigenvalue weighted by atomic mass is 10.1. The van der Waals surface area contributed by atoms with E-state index >= 15 is 0 Å². The molecule has 0 spiro atoms. The second-order valence-electron chi connectivity index (χ2n) is 2.96. The van der Waals surface area contributed by atoms with E-state index in [4.69, 9.17) is 0 Å². The molecule has 83 valence electrons. The van der Waals surface area contributed by atoms with E-state index in [0.717, 1.165) is 0 Å². The highest BCUT2D eigenvalue weighted by molar-refractivity contribution is 8.00. The average Bonchev–Trinajstić information content (AvgIpc) is 2.29. The van der Waals surface area contributed by atoms with Crippen molar-refractivity contribution in [2.24, 2.45) is 0 Å². The van der Waals surface area contributed by atoms with Gasteiger partial charge in [-0.15, -0.1) is 35.3 Å². The SMILES string of the molecule is CSc1cc(SC)c(CC[O])c(SC)c1. The van der Waals surface area contributed by atoms with Crippen LogP contribution in [0.2, 0.25) is 0 Å². The van der Waals surface area contributed by atoms with E-state index in [2.05, 4.69) is 30.9 Å². The summed E-state index contributed by atoms with van der Waals surface area (Å²) in [6, 6.07) is 4.36. The van der Waals surface area contributed by atoms with Gasteiger partial charge in [0.1, 0.15) is 0 Å². The molecule has 0 heterocycles. The number of hydrogen-bond donors (Lipinski definition) is 0. The summed E-state index contributed by atoms with van der Waals surface area (Å²) < 4.78 is 0. The van der Waals surface area contributed by atoms with Gasteiger partial charge in [-0.05, 0) is 36.5 Å². The molecule has 1 rings (SSSR count). The molecule has 1 nitrogen and oxygen atoms in total. The monoisotopic (exact) mass is 259 g/mol. The van der Waals surface area contributed by atoms with Crippen LogP contribution in [-0.2, 0) is 11.5 Å². The summed E-state index contributed by atoms with van der Waals surface area (Å²) in [5.41, 5.74) is 1.22. The van der Waals surface area contributed by atoms with Crippen LogP contribution in [0, 0.1) is 0 Å². The second-order valence-corrected chi connectivity index (χ2v) is 5.54. The first-order chi connectivity index (χ1) is 7.26. The molecule has 0 atom stereocenters. The van der Waals surface area contributed by atoms with Crippen molar-refractivity contribution in [3.8, 4) is 0 Å². The molecule has 0 aliphatic heterocycles. The summed E-state index contributed by atoms with van der Waals surface area (Å²) in [7, 11) is 0. The molecule has 15 heavy (non-hydrogen) atoms. The number of benzene rings is 1. The van der Waals surface area contributed by atoms with E-state index in [9.17, 15) is 5.11 Å². The Hall–Kier alpha value is 0.230. The zero-order valence-electron chi connectivity index (χ0n) is 9.20. The van der Waals surface area contributed by atoms with Crippen molar-refractivity contribution in [2.75, 3.05) is 25.4 Å². The molecule has 0 saturated heterocycles. The van der Waals surface area contributed by atoms with E-state index in [1.165, 1.54) is 20.2 Å². The zero-order valence-corrected chi connectivity index (χ0v) is 11.7. The fraction of sp³-hybridized carbons (Fsp3) is 0.455. The Morgan fingerprint density at radius 3 is 1.87 bits per heavy atom. The third kappa shape index (κ3) is 3.34. The Morgan fingerprint density at radius 2 is 1.53 bits per heavy atom. The maximum atomic E-state index is 10.8. The average molecular weight is 259 g/mol. The summed E-state index contributed by atoms with van der Waals surface area (Å²) in [4.78, 5) is 3.78. The molecule has 0 amide bonds. The lowest BCUT2D eigenvalue weighted by Crippen LogP contribution is -1.96. The van der Waals surface area contributed by atoms with Gasteiger partial charge in [0.15, 0.2) is 0 Å². The van der Waals surface area contributed by atoms with Gasteiger partial charge in [0, 0.05) is 21.1 Å². The Kier molecular flexibility index (Phi) is 5.97. The van der Waals surface area contributed by atoms with Gasteiger partial charge in [-0.2, -0.15) is 0 Å². The summed E-state index contributed by atoms with van der Waals surface area (Å²) in [5, 5.41) is 10.8. The van der Waals surface area contributed by atoms with Gasteiger partial charge in [-0.25, -0.2) is 5.11 Å². The molecule has 0 aliphatic carbocycles. The van der Waals surface area contributed by atoms with E-state index in [-0.39, 0.29) is 6.61 Å². The Labute approximate surface area is 104 Å². The van der Waals surface area contributed by atoms with Crippen LogP contribution in [0.25, 0.3) is 0 Å². The molecule has 0 aliphatic rings. The second kappa shape index (κ2) is 6.74. The Balaban J connectivity index is 3.19. The minimum atomic E-state index is -0.0280. The van der Waals surface area contributed by atoms with Gasteiger partial charge in [-0.3, -0.25) is 0 Å². The van der Waals surface area contributed by atoms with Crippen LogP contribution in [0.3, 0.4) is 0 Å². The molecule has 0 aromatic heterocycles. The first-order valence-corrected chi connectivity index (χ1v) is 8.31. The summed E-state index contributed by atoms with van der Waals surface area (Å²) in [5.74, 6) is 0. The zero-order chi connectivity index (χ0) is 11.3. The molecule has 1 aromatic carbocycles. The van der Waals surface area contributed by atoms with E-state index in [0.29, 0.717) is 6.42 Å². The summed E-state index contributed by atoms with van der Waals surface area (Å²) in [6.07, 6.45) is 6.85. The van der Waals surface area contributed by atoms with E-state index in [1.807, 2.05) is 0 Å². The first kappa shape index (κ1) is 13.3. The van der Waals surface area contributed by atoms with Gasteiger partial charge in [0.2, 0.25) is 0 Å². The summed E-state index contributed by atoms with van der Waals surface area (Å²) in [6.45, 7) is -0.0280. The molecular formula is C11H15OS3. The van der Waals surface area contributed by atoms with Crippen molar-refractivity contribution in [3.63, 3.8) is 0 Å². The third-order valence-electron chi connectivity index (χ3n) is 2.17. The number of rotatable bonds is 5. The van der Waals surface area contributed by atoms with Crippen LogP contribution < -0.4 is 0 Å². The van der Waals surface area contributed by atoms with Crippen molar-refractivity contribution < 1.29 is 5.11 Å². The predicted molar refractivity (Wildman–Crippen MR) is 71.0 cm³/mol. The molecule has 0 N–H and O–H groups in total. The van der Waals surface area contributed by atoms with Gasteiger partial charge in [0.05, 0.1) is 6.61 Å². The summed E-state index contributed by atoms with van der Waals surface area (Å²) >= 11 is 5.21.